The molecular formula is C31H34N8O3. The van der Waals surface area contributed by atoms with Crippen LogP contribution in [0.2, 0.25) is 0 Å². The maximum absolute atomic E-state index is 13.6. The number of hydrogen-bond donors (Lipinski definition) is 2. The average molecular weight is 567 g/mol. The van der Waals surface area contributed by atoms with Gasteiger partial charge in [0.1, 0.15) is 11.8 Å². The summed E-state index contributed by atoms with van der Waals surface area (Å²) in [5.41, 5.74) is 5.06. The zero-order chi connectivity index (χ0) is 29.4. The number of nitrogens with zero attached hydrogens (tertiary/aromatic N) is 7. The highest BCUT2D eigenvalue weighted by molar-refractivity contribution is 5.96. The third-order valence-corrected chi connectivity index (χ3v) is 8.59. The van der Waals surface area contributed by atoms with E-state index in [0.29, 0.717) is 35.6 Å². The minimum absolute atomic E-state index is 0.0800. The fourth-order valence-electron chi connectivity index (χ4n) is 6.28. The number of pyridine rings is 1. The molecule has 3 aromatic heterocycles. The normalized spacial score (nSPS) is 20.1. The number of fused-ring (bicyclic) bond motifs is 1. The number of carbonyl (C=O) groups excluding carboxylic acids is 2. The highest BCUT2D eigenvalue weighted by Crippen LogP contribution is 2.33. The fraction of sp³-hybridized carbons (Fsp3) is 0.419. The van der Waals surface area contributed by atoms with Crippen LogP contribution < -0.4 is 5.62 Å². The molecule has 2 fully saturated rings. The summed E-state index contributed by atoms with van der Waals surface area (Å²) in [5.74, 6) is -0.0146. The van der Waals surface area contributed by atoms with Crippen LogP contribution in [0.3, 0.4) is 0 Å². The lowest BCUT2D eigenvalue weighted by molar-refractivity contribution is -0.129. The Balaban J connectivity index is 1.40. The van der Waals surface area contributed by atoms with Gasteiger partial charge in [-0.05, 0) is 74.3 Å². The Morgan fingerprint density at radius 2 is 1.86 bits per heavy atom. The molecular weight excluding hydrogens is 532 g/mol. The van der Waals surface area contributed by atoms with Gasteiger partial charge in [-0.3, -0.25) is 14.3 Å². The molecule has 2 N–H and O–H groups in total. The summed E-state index contributed by atoms with van der Waals surface area (Å²) in [7, 11) is 1.79. The second-order valence-electron chi connectivity index (χ2n) is 11.4. The van der Waals surface area contributed by atoms with E-state index in [1.165, 1.54) is 11.6 Å². The molecule has 11 nitrogen and oxygen atoms in total. The van der Waals surface area contributed by atoms with Crippen LogP contribution in [0.5, 0.6) is 0 Å². The number of H-pyrrole nitrogens is 1. The third-order valence-electron chi connectivity index (χ3n) is 8.59. The summed E-state index contributed by atoms with van der Waals surface area (Å²) in [6, 6.07) is 11.6. The quantitative estimate of drug-likeness (QED) is 0.386. The largest absolute Gasteiger partial charge is 0.393 e. The lowest BCUT2D eigenvalue weighted by Gasteiger charge is -2.31. The first-order valence-electron chi connectivity index (χ1n) is 14.5. The second-order valence-corrected chi connectivity index (χ2v) is 11.4. The van der Waals surface area contributed by atoms with Crippen molar-refractivity contribution < 1.29 is 14.7 Å². The number of aryl methyl sites for hydroxylation is 1. The number of rotatable bonds is 4. The molecule has 1 saturated carbocycles. The zero-order valence-electron chi connectivity index (χ0n) is 23.8. The summed E-state index contributed by atoms with van der Waals surface area (Å²) in [6.07, 6.45) is 7.85. The molecule has 0 radical (unpaired) electrons. The number of piperidine rings is 1. The van der Waals surface area contributed by atoms with Crippen LogP contribution in [0.25, 0.3) is 22.3 Å². The van der Waals surface area contributed by atoms with Crippen molar-refractivity contribution in [3.8, 4) is 17.3 Å². The lowest BCUT2D eigenvalue weighted by Crippen LogP contribution is -2.36. The van der Waals surface area contributed by atoms with Crippen molar-refractivity contribution in [2.45, 2.75) is 63.5 Å². The van der Waals surface area contributed by atoms with Crippen LogP contribution in [0.1, 0.15) is 79.0 Å². The summed E-state index contributed by atoms with van der Waals surface area (Å²) < 4.78 is 3.73. The van der Waals surface area contributed by atoms with Gasteiger partial charge < -0.3 is 19.6 Å². The number of aliphatic hydroxyl groups is 1. The molecule has 1 aromatic carbocycles. The van der Waals surface area contributed by atoms with Crippen LogP contribution in [0, 0.1) is 11.3 Å². The first-order chi connectivity index (χ1) is 20.3. The van der Waals surface area contributed by atoms with Gasteiger partial charge in [-0.2, -0.15) is 15.4 Å². The first kappa shape index (κ1) is 27.6. The Hall–Kier alpha value is -4.56. The molecule has 4 aromatic rings. The predicted molar refractivity (Wildman–Crippen MR) is 155 cm³/mol. The van der Waals surface area contributed by atoms with Crippen molar-refractivity contribution >= 4 is 22.8 Å². The molecule has 6 rings (SSSR count). The second kappa shape index (κ2) is 11.4. The molecule has 216 valence electrons. The Kier molecular flexibility index (Phi) is 7.47. The Morgan fingerprint density at radius 1 is 1.10 bits per heavy atom. The average Bonchev–Trinajstić information content (AvgIpc) is 3.60. The van der Waals surface area contributed by atoms with E-state index >= 15 is 0 Å². The van der Waals surface area contributed by atoms with E-state index in [2.05, 4.69) is 42.8 Å². The summed E-state index contributed by atoms with van der Waals surface area (Å²) in [5, 5.41) is 23.9. The Labute approximate surface area is 243 Å². The van der Waals surface area contributed by atoms with Crippen LogP contribution in [0.4, 0.5) is 0 Å². The van der Waals surface area contributed by atoms with Crippen molar-refractivity contribution in [1.29, 1.82) is 5.26 Å². The third kappa shape index (κ3) is 5.50. The first-order valence-corrected chi connectivity index (χ1v) is 14.5. The van der Waals surface area contributed by atoms with Crippen LogP contribution in [-0.4, -0.2) is 65.3 Å². The number of aliphatic hydroxyl groups excluding tert-OH is 1. The molecule has 42 heavy (non-hydrogen) atoms. The van der Waals surface area contributed by atoms with Gasteiger partial charge in [0.2, 0.25) is 11.5 Å². The number of hydrogen-bond acceptors (Lipinski definition) is 6. The van der Waals surface area contributed by atoms with Gasteiger partial charge in [-0.15, -0.1) is 0 Å². The van der Waals surface area contributed by atoms with Crippen LogP contribution >= 0.6 is 0 Å². The predicted octanol–water partition coefficient (Wildman–Crippen LogP) is 3.58. The molecule has 1 aliphatic heterocycles. The standard InChI is InChI=1S/C31H34N8O3/c1-19(40)38-11-9-20(10-12-38)21-3-8-29-28(14-21)35-31(39(29)25-4-6-26(41)7-5-25)36-30(42)22-13-24(16-32)34-27(15-22)23-17-33-37(2)18-23/h3,8,13-15,17-18,20,25-26,41H,4-7,9-12H2,1-2H3,(H,35,36,42)/t25-,26+. The smallest absolute Gasteiger partial charge is 0.280 e. The van der Waals surface area contributed by atoms with Gasteiger partial charge in [-0.1, -0.05) is 6.07 Å². The number of nitrogens with one attached hydrogen (secondary N) is 1. The fourth-order valence-corrected chi connectivity index (χ4v) is 6.28. The molecule has 0 bridgehead atoms. The summed E-state index contributed by atoms with van der Waals surface area (Å²) >= 11 is 0. The lowest BCUT2D eigenvalue weighted by atomic mass is 9.89. The number of amides is 2. The van der Waals surface area contributed by atoms with Crippen molar-refractivity contribution in [1.82, 2.24) is 29.2 Å². The maximum Gasteiger partial charge on any atom is 0.280 e. The number of aromatic amines is 1. The Bertz CT molecular complexity index is 1760. The van der Waals surface area contributed by atoms with Gasteiger partial charge in [0, 0.05) is 50.4 Å². The van der Waals surface area contributed by atoms with E-state index in [1.54, 1.807) is 37.1 Å². The number of nitriles is 1. The minimum atomic E-state index is -0.480. The van der Waals surface area contributed by atoms with Gasteiger partial charge in [0.25, 0.3) is 5.91 Å². The monoisotopic (exact) mass is 566 g/mol. The number of carbonyl (C=O) groups is 2. The van der Waals surface area contributed by atoms with E-state index in [0.717, 1.165) is 49.8 Å². The number of aromatic nitrogens is 5. The van der Waals surface area contributed by atoms with E-state index in [1.807, 2.05) is 11.0 Å². The molecule has 4 heterocycles. The van der Waals surface area contributed by atoms with E-state index in [4.69, 9.17) is 0 Å². The molecule has 1 aliphatic carbocycles. The summed E-state index contributed by atoms with van der Waals surface area (Å²) in [4.78, 5) is 39.6. The zero-order valence-corrected chi connectivity index (χ0v) is 23.8. The SMILES string of the molecule is CC(=O)N1CCC(c2ccc3c(c2)[nH]/c(=N\C(=O)c2cc(C#N)nc(-c4cnn(C)c4)c2)n3[C@H]2CC[C@@H](O)CC2)CC1. The van der Waals surface area contributed by atoms with Gasteiger partial charge >= 0.3 is 0 Å². The van der Waals surface area contributed by atoms with E-state index in [9.17, 15) is 20.0 Å². The topological polar surface area (TPSA) is 145 Å². The molecule has 0 atom stereocenters. The number of likely N-dealkylation sites (tertiary alicyclic amines) is 1. The van der Waals surface area contributed by atoms with Crippen LogP contribution in [-0.2, 0) is 11.8 Å². The molecule has 11 heteroatoms. The van der Waals surface area contributed by atoms with Crippen LogP contribution in [0.15, 0.2) is 47.7 Å². The maximum atomic E-state index is 13.6. The summed E-state index contributed by atoms with van der Waals surface area (Å²) in [6.45, 7) is 3.12. The van der Waals surface area contributed by atoms with Crippen molar-refractivity contribution in [3.05, 3.63) is 65.2 Å². The van der Waals surface area contributed by atoms with Crippen molar-refractivity contribution in [3.63, 3.8) is 0 Å². The van der Waals surface area contributed by atoms with Crippen molar-refractivity contribution in [2.75, 3.05) is 13.1 Å². The van der Waals surface area contributed by atoms with E-state index < -0.39 is 5.91 Å². The molecule has 1 saturated heterocycles. The van der Waals surface area contributed by atoms with Gasteiger partial charge in [0.05, 0.1) is 29.0 Å². The minimum Gasteiger partial charge on any atom is -0.393 e. The highest BCUT2D eigenvalue weighted by atomic mass is 16.3. The molecule has 0 unspecified atom stereocenters. The Morgan fingerprint density at radius 3 is 2.52 bits per heavy atom. The molecule has 2 aliphatic rings. The van der Waals surface area contributed by atoms with E-state index in [-0.39, 0.29) is 29.3 Å². The molecule has 0 spiro atoms. The highest BCUT2D eigenvalue weighted by Gasteiger charge is 2.26. The van der Waals surface area contributed by atoms with Crippen molar-refractivity contribution in [2.24, 2.45) is 12.0 Å². The number of imidazole rings is 1. The molecule has 2 amide bonds. The van der Waals surface area contributed by atoms with Gasteiger partial charge in [-0.25, -0.2) is 4.98 Å². The number of benzene rings is 1. The van der Waals surface area contributed by atoms with Gasteiger partial charge in [0.15, 0.2) is 0 Å².